The van der Waals surface area contributed by atoms with Gasteiger partial charge >= 0.3 is 6.09 Å². The van der Waals surface area contributed by atoms with Gasteiger partial charge in [0.2, 0.25) is 0 Å². The molecule has 0 aliphatic carbocycles. The predicted octanol–water partition coefficient (Wildman–Crippen LogP) is 3.07. The summed E-state index contributed by atoms with van der Waals surface area (Å²) in [4.78, 5) is 10.9. The van der Waals surface area contributed by atoms with Gasteiger partial charge in [0.25, 0.3) is 0 Å². The highest BCUT2D eigenvalue weighted by atomic mass is 35.5. The first-order chi connectivity index (χ1) is 7.63. The summed E-state index contributed by atoms with van der Waals surface area (Å²) in [5, 5.41) is 4.68. The molecule has 0 aliphatic rings. The van der Waals surface area contributed by atoms with Gasteiger partial charge < -0.3 is 4.74 Å². The third-order valence-corrected chi connectivity index (χ3v) is 2.16. The van der Waals surface area contributed by atoms with Crippen LogP contribution in [0.15, 0.2) is 23.3 Å². The van der Waals surface area contributed by atoms with Crippen molar-refractivity contribution in [3.8, 4) is 0 Å². The van der Waals surface area contributed by atoms with Gasteiger partial charge in [-0.15, -0.1) is 0 Å². The number of nitrogens with one attached hydrogen (secondary N) is 1. The first-order valence-electron chi connectivity index (χ1n) is 4.54. The van der Waals surface area contributed by atoms with Crippen molar-refractivity contribution in [3.05, 3.63) is 33.8 Å². The van der Waals surface area contributed by atoms with E-state index in [9.17, 15) is 4.79 Å². The van der Waals surface area contributed by atoms with E-state index in [1.54, 1.807) is 25.1 Å². The second-order valence-electron chi connectivity index (χ2n) is 2.76. The lowest BCUT2D eigenvalue weighted by molar-refractivity contribution is 0.152. The van der Waals surface area contributed by atoms with Gasteiger partial charge in [0.05, 0.1) is 17.8 Å². The minimum atomic E-state index is -0.608. The van der Waals surface area contributed by atoms with Crippen LogP contribution in [0.25, 0.3) is 0 Å². The minimum Gasteiger partial charge on any atom is -0.449 e. The Morgan fingerprint density at radius 2 is 2.31 bits per heavy atom. The summed E-state index contributed by atoms with van der Waals surface area (Å²) in [6.07, 6.45) is 0.805. The van der Waals surface area contributed by atoms with E-state index in [0.29, 0.717) is 22.2 Å². The molecule has 0 unspecified atom stereocenters. The van der Waals surface area contributed by atoms with Gasteiger partial charge in [-0.1, -0.05) is 29.3 Å². The van der Waals surface area contributed by atoms with Gasteiger partial charge in [0, 0.05) is 10.6 Å². The zero-order chi connectivity index (χ0) is 12.0. The van der Waals surface area contributed by atoms with Crippen molar-refractivity contribution >= 4 is 35.5 Å². The van der Waals surface area contributed by atoms with Crippen molar-refractivity contribution in [1.82, 2.24) is 5.43 Å². The Morgan fingerprint density at radius 3 is 2.94 bits per heavy atom. The molecule has 16 heavy (non-hydrogen) atoms. The normalized spacial score (nSPS) is 10.4. The third kappa shape index (κ3) is 4.08. The number of nitrogens with zero attached hydrogens (tertiary/aromatic N) is 1. The first-order valence-corrected chi connectivity index (χ1v) is 5.30. The quantitative estimate of drug-likeness (QED) is 0.671. The van der Waals surface area contributed by atoms with Crippen molar-refractivity contribution in [2.75, 3.05) is 6.61 Å². The van der Waals surface area contributed by atoms with E-state index in [-0.39, 0.29) is 0 Å². The van der Waals surface area contributed by atoms with Crippen molar-refractivity contribution in [3.63, 3.8) is 0 Å². The van der Waals surface area contributed by atoms with Crippen LogP contribution in [0.4, 0.5) is 4.79 Å². The maximum atomic E-state index is 10.9. The van der Waals surface area contributed by atoms with E-state index in [0.717, 1.165) is 0 Å². The fourth-order valence-electron chi connectivity index (χ4n) is 0.924. The van der Waals surface area contributed by atoms with E-state index < -0.39 is 6.09 Å². The molecule has 0 bridgehead atoms. The summed E-state index contributed by atoms with van der Waals surface area (Å²) in [5.41, 5.74) is 2.85. The average Bonchev–Trinajstić information content (AvgIpc) is 2.22. The van der Waals surface area contributed by atoms with Gasteiger partial charge in [-0.25, -0.2) is 10.2 Å². The lowest BCUT2D eigenvalue weighted by Crippen LogP contribution is -2.18. The molecule has 1 aromatic carbocycles. The maximum absolute atomic E-state index is 10.9. The van der Waals surface area contributed by atoms with Crippen LogP contribution >= 0.6 is 23.2 Å². The molecule has 0 saturated heterocycles. The molecule has 1 N–H and O–H groups in total. The number of amides is 1. The summed E-state index contributed by atoms with van der Waals surface area (Å²) in [5.74, 6) is 0. The molecule has 0 atom stereocenters. The summed E-state index contributed by atoms with van der Waals surface area (Å²) in [6.45, 7) is 2.00. The van der Waals surface area contributed by atoms with Gasteiger partial charge in [0.15, 0.2) is 0 Å². The summed E-state index contributed by atoms with van der Waals surface area (Å²) >= 11 is 11.6. The number of carbonyl (C=O) groups is 1. The third-order valence-electron chi connectivity index (χ3n) is 1.60. The number of halogens is 2. The molecule has 6 heteroatoms. The number of ether oxygens (including phenoxy) is 1. The number of hydrogen-bond donors (Lipinski definition) is 1. The van der Waals surface area contributed by atoms with Crippen molar-refractivity contribution in [1.29, 1.82) is 0 Å². The lowest BCUT2D eigenvalue weighted by Gasteiger charge is -2.00. The van der Waals surface area contributed by atoms with E-state index in [4.69, 9.17) is 23.2 Å². The molecule has 0 saturated carbocycles. The molecule has 1 aromatic rings. The van der Waals surface area contributed by atoms with Crippen LogP contribution < -0.4 is 5.43 Å². The summed E-state index contributed by atoms with van der Waals surface area (Å²) in [6, 6.07) is 4.97. The summed E-state index contributed by atoms with van der Waals surface area (Å²) < 4.78 is 4.61. The Balaban J connectivity index is 2.59. The Morgan fingerprint density at radius 1 is 1.56 bits per heavy atom. The monoisotopic (exact) mass is 260 g/mol. The number of hydrogen-bond acceptors (Lipinski definition) is 3. The average molecular weight is 261 g/mol. The maximum Gasteiger partial charge on any atom is 0.427 e. The lowest BCUT2D eigenvalue weighted by atomic mass is 10.2. The van der Waals surface area contributed by atoms with Gasteiger partial charge in [0.1, 0.15) is 0 Å². The number of rotatable bonds is 3. The highest BCUT2D eigenvalue weighted by Crippen LogP contribution is 2.19. The van der Waals surface area contributed by atoms with Gasteiger partial charge in [-0.3, -0.25) is 0 Å². The van der Waals surface area contributed by atoms with Gasteiger partial charge in [-0.05, 0) is 19.1 Å². The predicted molar refractivity (Wildman–Crippen MR) is 64.2 cm³/mol. The summed E-state index contributed by atoms with van der Waals surface area (Å²) in [7, 11) is 0. The van der Waals surface area contributed by atoms with Crippen molar-refractivity contribution < 1.29 is 9.53 Å². The van der Waals surface area contributed by atoms with E-state index in [2.05, 4.69) is 15.3 Å². The molecule has 86 valence electrons. The van der Waals surface area contributed by atoms with Crippen LogP contribution in [0, 0.1) is 0 Å². The standard InChI is InChI=1S/C10H10Cl2N2O2/c1-2-16-10(15)14-13-6-7-3-4-8(11)5-9(7)12/h3-6H,2H2,1H3,(H,14,15). The van der Waals surface area contributed by atoms with Crippen LogP contribution in [0.2, 0.25) is 10.0 Å². The molecular weight excluding hydrogens is 251 g/mol. The molecule has 0 fully saturated rings. The molecule has 0 heterocycles. The Hall–Kier alpha value is -1.26. The first kappa shape index (κ1) is 12.8. The molecule has 4 nitrogen and oxygen atoms in total. The van der Waals surface area contributed by atoms with E-state index in [1.807, 2.05) is 0 Å². The van der Waals surface area contributed by atoms with Crippen LogP contribution in [0.1, 0.15) is 12.5 Å². The highest BCUT2D eigenvalue weighted by Gasteiger charge is 1.99. The molecular formula is C10H10Cl2N2O2. The molecule has 0 aromatic heterocycles. The molecule has 0 spiro atoms. The van der Waals surface area contributed by atoms with Crippen LogP contribution in [-0.2, 0) is 4.74 Å². The van der Waals surface area contributed by atoms with Crippen LogP contribution in [0.5, 0.6) is 0 Å². The van der Waals surface area contributed by atoms with Crippen LogP contribution in [0.3, 0.4) is 0 Å². The van der Waals surface area contributed by atoms with E-state index in [1.165, 1.54) is 6.21 Å². The van der Waals surface area contributed by atoms with Crippen molar-refractivity contribution in [2.24, 2.45) is 5.10 Å². The topological polar surface area (TPSA) is 50.7 Å². The number of hydrazone groups is 1. The van der Waals surface area contributed by atoms with E-state index >= 15 is 0 Å². The second kappa shape index (κ2) is 6.35. The Kier molecular flexibility index (Phi) is 5.08. The smallest absolute Gasteiger partial charge is 0.427 e. The number of carbonyl (C=O) groups excluding carboxylic acids is 1. The fraction of sp³-hybridized carbons (Fsp3) is 0.200. The largest absolute Gasteiger partial charge is 0.449 e. The van der Waals surface area contributed by atoms with Crippen molar-refractivity contribution in [2.45, 2.75) is 6.92 Å². The molecule has 1 rings (SSSR count). The molecule has 0 aliphatic heterocycles. The second-order valence-corrected chi connectivity index (χ2v) is 3.60. The zero-order valence-electron chi connectivity index (χ0n) is 8.54. The van der Waals surface area contributed by atoms with Crippen LogP contribution in [-0.4, -0.2) is 18.9 Å². The Bertz CT molecular complexity index is 408. The Labute approximate surface area is 103 Å². The molecule has 0 radical (unpaired) electrons. The zero-order valence-corrected chi connectivity index (χ0v) is 10.0. The molecule has 1 amide bonds. The van der Waals surface area contributed by atoms with Gasteiger partial charge in [-0.2, -0.15) is 5.10 Å². The minimum absolute atomic E-state index is 0.295. The highest BCUT2D eigenvalue weighted by molar-refractivity contribution is 6.36. The number of benzene rings is 1. The SMILES string of the molecule is CCOC(=O)NN=Cc1ccc(Cl)cc1Cl. The fourth-order valence-corrected chi connectivity index (χ4v) is 1.38.